The van der Waals surface area contributed by atoms with Crippen molar-refractivity contribution in [1.82, 2.24) is 9.13 Å². The van der Waals surface area contributed by atoms with Crippen LogP contribution in [-0.2, 0) is 14.4 Å². The summed E-state index contributed by atoms with van der Waals surface area (Å²) in [5.74, 6) is 0.503. The van der Waals surface area contributed by atoms with Gasteiger partial charge in [-0.25, -0.2) is 0 Å². The van der Waals surface area contributed by atoms with Crippen molar-refractivity contribution in [1.29, 1.82) is 0 Å². The average Bonchev–Trinajstić information content (AvgIpc) is 2.36. The Kier molecular flexibility index (Phi) is 6.34. The Hall–Kier alpha value is -1.22. The molecule has 2 heterocycles. The number of β-lactam (4-membered cyclic amide) rings is 2. The molecule has 0 radical (unpaired) electrons. The van der Waals surface area contributed by atoms with Gasteiger partial charge in [0.2, 0.25) is 11.8 Å². The van der Waals surface area contributed by atoms with Gasteiger partial charge in [-0.2, -0.15) is 0 Å². The topological polar surface area (TPSA) is 57.7 Å². The van der Waals surface area contributed by atoms with Gasteiger partial charge in [0.15, 0.2) is 0 Å². The van der Waals surface area contributed by atoms with Crippen LogP contribution in [0.15, 0.2) is 11.6 Å². The molecule has 2 aliphatic rings. The van der Waals surface area contributed by atoms with Gasteiger partial charge < -0.3 is 13.9 Å². The number of allylic oxidation sites excluding steroid dienone is 1. The highest BCUT2D eigenvalue weighted by Crippen LogP contribution is 2.19. The minimum atomic E-state index is -0.428. The quantitative estimate of drug-likeness (QED) is 0.307. The number of rotatable bonds is 4. The summed E-state index contributed by atoms with van der Waals surface area (Å²) >= 11 is 0. The van der Waals surface area contributed by atoms with E-state index in [1.165, 1.54) is 5.57 Å². The van der Waals surface area contributed by atoms with E-state index in [9.17, 15) is 14.4 Å². The zero-order chi connectivity index (χ0) is 15.3. The summed E-state index contributed by atoms with van der Waals surface area (Å²) in [4.78, 5) is 31.7. The number of nitrogens with zero attached hydrogens (tertiary/aromatic N) is 2. The van der Waals surface area contributed by atoms with Crippen LogP contribution in [0, 0.1) is 0 Å². The second-order valence-electron chi connectivity index (χ2n) is 5.28. The molecule has 112 valence electrons. The van der Waals surface area contributed by atoms with Crippen LogP contribution in [0.5, 0.6) is 0 Å². The predicted octanol–water partition coefficient (Wildman–Crippen LogP) is -0.397. The maximum atomic E-state index is 11.0. The van der Waals surface area contributed by atoms with Crippen LogP contribution in [0.25, 0.3) is 0 Å². The normalized spacial score (nSPS) is 25.4. The molecule has 0 aromatic heterocycles. The maximum absolute atomic E-state index is 11.0. The van der Waals surface area contributed by atoms with Gasteiger partial charge in [0, 0.05) is 6.42 Å². The molecule has 0 aliphatic carbocycles. The third-order valence-corrected chi connectivity index (χ3v) is 6.58. The standard InChI is InChI=1S/C8H15NOSi.C5H9NO2Si/c1-6(2)4-7-5-8(10)9(7)11-3;1-9-6-4(3-7)2-5(6)8/h4,7H,5,11H2,1-3H3;3-4H,2,9H2,1H3. The van der Waals surface area contributed by atoms with Gasteiger partial charge in [0.05, 0.1) is 18.5 Å². The van der Waals surface area contributed by atoms with Crippen LogP contribution in [0.3, 0.4) is 0 Å². The molecule has 2 saturated heterocycles. The van der Waals surface area contributed by atoms with E-state index in [1.807, 2.05) is 11.1 Å². The van der Waals surface area contributed by atoms with Crippen molar-refractivity contribution in [3.8, 4) is 0 Å². The maximum Gasteiger partial charge on any atom is 0.217 e. The summed E-state index contributed by atoms with van der Waals surface area (Å²) in [6.07, 6.45) is 4.24. The number of hydrogen-bond acceptors (Lipinski definition) is 3. The van der Waals surface area contributed by atoms with Gasteiger partial charge in [-0.15, -0.1) is 0 Å². The Morgan fingerprint density at radius 3 is 1.80 bits per heavy atom. The molecule has 0 bridgehead atoms. The summed E-state index contributed by atoms with van der Waals surface area (Å²) in [7, 11) is -0.702. The van der Waals surface area contributed by atoms with E-state index in [-0.39, 0.29) is 21.6 Å². The fourth-order valence-electron chi connectivity index (χ4n) is 2.43. The first kappa shape index (κ1) is 16.8. The van der Waals surface area contributed by atoms with Crippen LogP contribution in [0.4, 0.5) is 0 Å². The first-order valence-electron chi connectivity index (χ1n) is 7.13. The van der Waals surface area contributed by atoms with E-state index in [1.54, 1.807) is 4.57 Å². The first-order chi connectivity index (χ1) is 9.44. The highest BCUT2D eigenvalue weighted by molar-refractivity contribution is 6.37. The highest BCUT2D eigenvalue weighted by Gasteiger charge is 2.33. The van der Waals surface area contributed by atoms with Gasteiger partial charge in [-0.1, -0.05) is 24.7 Å². The third-order valence-electron chi connectivity index (χ3n) is 3.57. The molecule has 7 heteroatoms. The number of amides is 2. The minimum absolute atomic E-state index is 0.0610. The molecule has 20 heavy (non-hydrogen) atoms. The highest BCUT2D eigenvalue weighted by atomic mass is 28.2. The number of hydrogen-bond donors (Lipinski definition) is 0. The molecular weight excluding hydrogens is 288 g/mol. The van der Waals surface area contributed by atoms with Gasteiger partial charge in [-0.05, 0) is 13.8 Å². The predicted molar refractivity (Wildman–Crippen MR) is 84.8 cm³/mol. The molecule has 5 nitrogen and oxygen atoms in total. The van der Waals surface area contributed by atoms with E-state index in [0.717, 1.165) is 12.7 Å². The van der Waals surface area contributed by atoms with Crippen molar-refractivity contribution in [3.05, 3.63) is 11.6 Å². The monoisotopic (exact) mass is 312 g/mol. The van der Waals surface area contributed by atoms with Gasteiger partial charge in [0.1, 0.15) is 25.6 Å². The molecule has 0 aromatic carbocycles. The van der Waals surface area contributed by atoms with Crippen molar-refractivity contribution in [2.24, 2.45) is 0 Å². The van der Waals surface area contributed by atoms with Crippen molar-refractivity contribution < 1.29 is 14.4 Å². The Balaban J connectivity index is 0.000000204. The summed E-state index contributed by atoms with van der Waals surface area (Å²) in [6, 6.07) is 0.387. The Bertz CT molecular complexity index is 422. The van der Waals surface area contributed by atoms with Crippen LogP contribution in [0.1, 0.15) is 26.7 Å². The number of carbonyl (C=O) groups is 3. The molecular formula is C13H24N2O3Si2. The fraction of sp³-hybridized carbons (Fsp3) is 0.615. The van der Waals surface area contributed by atoms with Crippen molar-refractivity contribution in [2.75, 3.05) is 0 Å². The van der Waals surface area contributed by atoms with Crippen molar-refractivity contribution >= 4 is 37.5 Å². The van der Waals surface area contributed by atoms with Crippen LogP contribution in [-0.4, -0.2) is 58.7 Å². The fourth-order valence-corrected chi connectivity index (χ4v) is 4.79. The van der Waals surface area contributed by atoms with Gasteiger partial charge >= 0.3 is 0 Å². The van der Waals surface area contributed by atoms with Crippen LogP contribution in [0.2, 0.25) is 13.1 Å². The van der Waals surface area contributed by atoms with Gasteiger partial charge in [-0.3, -0.25) is 9.59 Å². The second kappa shape index (κ2) is 7.54. The molecule has 0 N–H and O–H groups in total. The van der Waals surface area contributed by atoms with E-state index in [4.69, 9.17) is 0 Å². The summed E-state index contributed by atoms with van der Waals surface area (Å²) < 4.78 is 3.74. The SMILES string of the molecule is C[SiH2]N1C(=O)CC1C=C(C)C.C[SiH2]N1C(=O)CC1C=O. The van der Waals surface area contributed by atoms with Crippen molar-refractivity contribution in [3.63, 3.8) is 0 Å². The summed E-state index contributed by atoms with van der Waals surface area (Å²) in [5, 5.41) is 0. The molecule has 2 atom stereocenters. The molecule has 0 aromatic rings. The molecule has 0 spiro atoms. The zero-order valence-corrected chi connectivity index (χ0v) is 15.6. The van der Waals surface area contributed by atoms with Gasteiger partial charge in [0.25, 0.3) is 0 Å². The lowest BCUT2D eigenvalue weighted by Crippen LogP contribution is -2.54. The number of carbonyl (C=O) groups excluding carboxylic acids is 3. The zero-order valence-electron chi connectivity index (χ0n) is 12.8. The third kappa shape index (κ3) is 3.89. The minimum Gasteiger partial charge on any atom is -0.369 e. The lowest BCUT2D eigenvalue weighted by molar-refractivity contribution is -0.141. The second-order valence-corrected chi connectivity index (χ2v) is 7.91. The molecule has 2 rings (SSSR count). The van der Waals surface area contributed by atoms with Crippen LogP contribution >= 0.6 is 0 Å². The largest absolute Gasteiger partial charge is 0.369 e. The lowest BCUT2D eigenvalue weighted by atomic mass is 10.0. The Labute approximate surface area is 125 Å². The lowest BCUT2D eigenvalue weighted by Gasteiger charge is -2.38. The summed E-state index contributed by atoms with van der Waals surface area (Å²) in [5.41, 5.74) is 1.31. The Morgan fingerprint density at radius 2 is 1.50 bits per heavy atom. The van der Waals surface area contributed by atoms with E-state index in [2.05, 4.69) is 26.5 Å². The van der Waals surface area contributed by atoms with E-state index >= 15 is 0 Å². The first-order valence-corrected chi connectivity index (χ1v) is 11.2. The van der Waals surface area contributed by atoms with Crippen molar-refractivity contribution in [2.45, 2.75) is 51.9 Å². The van der Waals surface area contributed by atoms with E-state index < -0.39 is 9.68 Å². The molecule has 2 fully saturated rings. The summed E-state index contributed by atoms with van der Waals surface area (Å²) in [6.45, 7) is 8.33. The Morgan fingerprint density at radius 1 is 1.05 bits per heavy atom. The smallest absolute Gasteiger partial charge is 0.217 e. The molecule has 2 aliphatic heterocycles. The van der Waals surface area contributed by atoms with Crippen LogP contribution < -0.4 is 0 Å². The molecule has 0 saturated carbocycles. The number of aldehydes is 1. The van der Waals surface area contributed by atoms with E-state index in [0.29, 0.717) is 18.4 Å². The molecule has 2 amide bonds. The molecule has 2 unspecified atom stereocenters. The average molecular weight is 313 g/mol.